The third-order valence-corrected chi connectivity index (χ3v) is 7.56. The molecule has 0 radical (unpaired) electrons. The van der Waals surface area contributed by atoms with E-state index in [1.165, 1.54) is 4.31 Å². The molecule has 1 fully saturated rings. The van der Waals surface area contributed by atoms with Crippen LogP contribution in [0.3, 0.4) is 0 Å². The van der Waals surface area contributed by atoms with E-state index < -0.39 is 10.0 Å². The van der Waals surface area contributed by atoms with Crippen molar-refractivity contribution >= 4 is 21.6 Å². The molecule has 1 aliphatic heterocycles. The average molecular weight is 430 g/mol. The molecule has 0 bridgehead atoms. The molecule has 1 N–H and O–H groups in total. The fourth-order valence-corrected chi connectivity index (χ4v) is 5.37. The molecule has 0 spiro atoms. The highest BCUT2D eigenvalue weighted by Crippen LogP contribution is 2.23. The Balaban J connectivity index is 1.49. The van der Waals surface area contributed by atoms with Crippen molar-refractivity contribution in [3.63, 3.8) is 0 Å². The van der Waals surface area contributed by atoms with Crippen molar-refractivity contribution < 1.29 is 13.2 Å². The molecule has 1 heterocycles. The largest absolute Gasteiger partial charge is 0.378 e. The summed E-state index contributed by atoms with van der Waals surface area (Å²) in [6, 6.07) is 15.6. The Bertz CT molecular complexity index is 963. The highest BCUT2D eigenvalue weighted by atomic mass is 32.2. The van der Waals surface area contributed by atoms with E-state index >= 15 is 0 Å². The smallest absolute Gasteiger partial charge is 0.223 e. The van der Waals surface area contributed by atoms with Gasteiger partial charge in [-0.2, -0.15) is 0 Å². The number of nitrogens with one attached hydrogen (secondary N) is 1. The third kappa shape index (κ3) is 5.61. The van der Waals surface area contributed by atoms with Crippen LogP contribution in [0, 0.1) is 12.8 Å². The lowest BCUT2D eigenvalue weighted by Crippen LogP contribution is -2.43. The molecule has 30 heavy (non-hydrogen) atoms. The van der Waals surface area contributed by atoms with Crippen LogP contribution in [0.2, 0.25) is 0 Å². The number of carbonyl (C=O) groups is 1. The quantitative estimate of drug-likeness (QED) is 0.735. The summed E-state index contributed by atoms with van der Waals surface area (Å²) in [5.41, 5.74) is 3.98. The van der Waals surface area contributed by atoms with Gasteiger partial charge in [-0.15, -0.1) is 0 Å². The monoisotopic (exact) mass is 429 g/mol. The maximum atomic E-state index is 12.8. The Morgan fingerprint density at radius 1 is 1.07 bits per heavy atom. The molecule has 0 atom stereocenters. The maximum Gasteiger partial charge on any atom is 0.223 e. The Morgan fingerprint density at radius 2 is 1.70 bits per heavy atom. The van der Waals surface area contributed by atoms with E-state index in [-0.39, 0.29) is 17.6 Å². The molecule has 1 saturated heterocycles. The lowest BCUT2D eigenvalue weighted by atomic mass is 9.97. The van der Waals surface area contributed by atoms with E-state index in [1.807, 2.05) is 74.4 Å². The molecule has 0 aromatic heterocycles. The van der Waals surface area contributed by atoms with Gasteiger partial charge in [0.1, 0.15) is 0 Å². The Kier molecular flexibility index (Phi) is 7.15. The fourth-order valence-electron chi connectivity index (χ4n) is 3.70. The number of anilines is 1. The van der Waals surface area contributed by atoms with Gasteiger partial charge in [-0.3, -0.25) is 4.79 Å². The molecule has 162 valence electrons. The van der Waals surface area contributed by atoms with Crippen molar-refractivity contribution in [2.45, 2.75) is 32.1 Å². The van der Waals surface area contributed by atoms with Gasteiger partial charge in [0.15, 0.2) is 0 Å². The summed E-state index contributed by atoms with van der Waals surface area (Å²) in [5, 5.41) is 3.00. The fraction of sp³-hybridized carbons (Fsp3) is 0.435. The van der Waals surface area contributed by atoms with Gasteiger partial charge in [0.2, 0.25) is 15.9 Å². The summed E-state index contributed by atoms with van der Waals surface area (Å²) < 4.78 is 27.1. The summed E-state index contributed by atoms with van der Waals surface area (Å²) in [6.45, 7) is 3.20. The van der Waals surface area contributed by atoms with Gasteiger partial charge in [0, 0.05) is 45.3 Å². The van der Waals surface area contributed by atoms with Crippen LogP contribution in [0.5, 0.6) is 0 Å². The standard InChI is InChI=1S/C23H31N3O3S/c1-18-6-4-5-7-21(18)17-30(28,29)26-14-12-20(13-15-26)23(27)24-16-19-8-10-22(11-9-19)25(2)3/h4-11,20H,12-17H2,1-3H3,(H,24,27). The van der Waals surface area contributed by atoms with Gasteiger partial charge in [-0.25, -0.2) is 12.7 Å². The van der Waals surface area contributed by atoms with Crippen LogP contribution in [0.15, 0.2) is 48.5 Å². The minimum atomic E-state index is -3.38. The number of nitrogens with zero attached hydrogens (tertiary/aromatic N) is 2. The lowest BCUT2D eigenvalue weighted by Gasteiger charge is -2.30. The number of sulfonamides is 1. The zero-order valence-corrected chi connectivity index (χ0v) is 18.8. The van der Waals surface area contributed by atoms with E-state index in [0.29, 0.717) is 32.5 Å². The number of carbonyl (C=O) groups excluding carboxylic acids is 1. The summed E-state index contributed by atoms with van der Waals surface area (Å²) in [7, 11) is 0.604. The number of hydrogen-bond donors (Lipinski definition) is 1. The number of rotatable bonds is 7. The molecule has 7 heteroatoms. The van der Waals surface area contributed by atoms with Gasteiger partial charge in [0.25, 0.3) is 0 Å². The van der Waals surface area contributed by atoms with Crippen molar-refractivity contribution in [3.8, 4) is 0 Å². The first kappa shape index (κ1) is 22.3. The normalized spacial score (nSPS) is 15.7. The Morgan fingerprint density at radius 3 is 2.30 bits per heavy atom. The van der Waals surface area contributed by atoms with Crippen molar-refractivity contribution in [2.75, 3.05) is 32.1 Å². The SMILES string of the molecule is Cc1ccccc1CS(=O)(=O)N1CCC(C(=O)NCc2ccc(N(C)C)cc2)CC1. The van der Waals surface area contributed by atoms with Gasteiger partial charge in [-0.05, 0) is 48.6 Å². The summed E-state index contributed by atoms with van der Waals surface area (Å²) in [4.78, 5) is 14.6. The summed E-state index contributed by atoms with van der Waals surface area (Å²) in [5.74, 6) is -0.127. The third-order valence-electron chi connectivity index (χ3n) is 5.74. The second kappa shape index (κ2) is 9.62. The van der Waals surface area contributed by atoms with Gasteiger partial charge >= 0.3 is 0 Å². The molecule has 3 rings (SSSR count). The first-order valence-corrected chi connectivity index (χ1v) is 11.9. The number of amides is 1. The van der Waals surface area contributed by atoms with Crippen molar-refractivity contribution in [1.29, 1.82) is 0 Å². The molecule has 0 aliphatic carbocycles. The van der Waals surface area contributed by atoms with E-state index in [2.05, 4.69) is 5.32 Å². The lowest BCUT2D eigenvalue weighted by molar-refractivity contribution is -0.126. The zero-order chi connectivity index (χ0) is 21.7. The maximum absolute atomic E-state index is 12.8. The predicted octanol–water partition coefficient (Wildman–Crippen LogP) is 2.92. The van der Waals surface area contributed by atoms with Crippen molar-refractivity contribution in [2.24, 2.45) is 5.92 Å². The van der Waals surface area contributed by atoms with Crippen LogP contribution in [0.4, 0.5) is 5.69 Å². The Labute approximate surface area is 179 Å². The number of piperidine rings is 1. The minimum Gasteiger partial charge on any atom is -0.378 e. The first-order valence-electron chi connectivity index (χ1n) is 10.3. The minimum absolute atomic E-state index is 0.00244. The average Bonchev–Trinajstić information content (AvgIpc) is 2.74. The van der Waals surface area contributed by atoms with Crippen molar-refractivity contribution in [1.82, 2.24) is 9.62 Å². The second-order valence-corrected chi connectivity index (χ2v) is 10.1. The van der Waals surface area contributed by atoms with Crippen LogP contribution >= 0.6 is 0 Å². The number of hydrogen-bond acceptors (Lipinski definition) is 4. The van der Waals surface area contributed by atoms with Crippen molar-refractivity contribution in [3.05, 3.63) is 65.2 Å². The summed E-state index contributed by atoms with van der Waals surface area (Å²) >= 11 is 0. The van der Waals surface area contributed by atoms with E-state index in [1.54, 1.807) is 0 Å². The first-order chi connectivity index (χ1) is 14.3. The Hall–Kier alpha value is -2.38. The van der Waals surface area contributed by atoms with Gasteiger partial charge < -0.3 is 10.2 Å². The number of benzene rings is 2. The topological polar surface area (TPSA) is 69.7 Å². The van der Waals surface area contributed by atoms with Gasteiger partial charge in [0.05, 0.1) is 5.75 Å². The molecule has 1 aliphatic rings. The van der Waals surface area contributed by atoms with Crippen LogP contribution < -0.4 is 10.2 Å². The zero-order valence-electron chi connectivity index (χ0n) is 18.0. The van der Waals surface area contributed by atoms with E-state index in [0.717, 1.165) is 22.4 Å². The van der Waals surface area contributed by atoms with Crippen LogP contribution in [-0.4, -0.2) is 45.8 Å². The molecular formula is C23H31N3O3S. The summed E-state index contributed by atoms with van der Waals surface area (Å²) in [6.07, 6.45) is 1.11. The van der Waals surface area contributed by atoms with E-state index in [4.69, 9.17) is 0 Å². The second-order valence-electron chi connectivity index (χ2n) is 8.13. The molecule has 2 aromatic rings. The van der Waals surface area contributed by atoms with Crippen LogP contribution in [-0.2, 0) is 27.1 Å². The number of aryl methyl sites for hydroxylation is 1. The van der Waals surface area contributed by atoms with Crippen LogP contribution in [0.1, 0.15) is 29.5 Å². The highest BCUT2D eigenvalue weighted by Gasteiger charge is 2.31. The van der Waals surface area contributed by atoms with Crippen LogP contribution in [0.25, 0.3) is 0 Å². The molecule has 2 aromatic carbocycles. The van der Waals surface area contributed by atoms with Gasteiger partial charge in [-0.1, -0.05) is 36.4 Å². The predicted molar refractivity (Wildman–Crippen MR) is 121 cm³/mol. The molecule has 0 saturated carbocycles. The molecular weight excluding hydrogens is 398 g/mol. The molecule has 1 amide bonds. The highest BCUT2D eigenvalue weighted by molar-refractivity contribution is 7.88. The molecule has 0 unspecified atom stereocenters. The molecule has 6 nitrogen and oxygen atoms in total. The van der Waals surface area contributed by atoms with E-state index in [9.17, 15) is 13.2 Å².